The maximum atomic E-state index is 13.6. The van der Waals surface area contributed by atoms with Gasteiger partial charge in [-0.05, 0) is 49.1 Å². The summed E-state index contributed by atoms with van der Waals surface area (Å²) in [6.07, 6.45) is 0.403. The number of rotatable bonds is 3. The van der Waals surface area contributed by atoms with Crippen molar-refractivity contribution in [3.63, 3.8) is 0 Å². The summed E-state index contributed by atoms with van der Waals surface area (Å²) in [4.78, 5) is 0. The quantitative estimate of drug-likeness (QED) is 0.686. The summed E-state index contributed by atoms with van der Waals surface area (Å²) >= 11 is 6.16. The van der Waals surface area contributed by atoms with Crippen LogP contribution in [0.3, 0.4) is 0 Å². The molecule has 2 aromatic rings. The molecule has 3 heteroatoms. The highest BCUT2D eigenvalue weighted by Crippen LogP contribution is 2.29. The summed E-state index contributed by atoms with van der Waals surface area (Å²) in [5.41, 5.74) is 3.26. The fourth-order valence-electron chi connectivity index (χ4n) is 2.05. The maximum absolute atomic E-state index is 13.6. The molecule has 0 N–H and O–H groups in total. The molecule has 0 fully saturated rings. The van der Waals surface area contributed by atoms with Crippen molar-refractivity contribution >= 4 is 11.6 Å². The first-order chi connectivity index (χ1) is 8.99. The van der Waals surface area contributed by atoms with Crippen LogP contribution in [0, 0.1) is 25.5 Å². The summed E-state index contributed by atoms with van der Waals surface area (Å²) in [5.74, 6) is -1.19. The predicted octanol–water partition coefficient (Wildman–Crippen LogP) is 5.10. The summed E-state index contributed by atoms with van der Waals surface area (Å²) in [5, 5.41) is -0.705. The lowest BCUT2D eigenvalue weighted by molar-refractivity contribution is 0.551. The largest absolute Gasteiger partial charge is 0.207 e. The smallest absolute Gasteiger partial charge is 0.130 e. The third kappa shape index (κ3) is 3.13. The number of benzene rings is 2. The van der Waals surface area contributed by atoms with E-state index in [0.717, 1.165) is 11.1 Å². The Morgan fingerprint density at radius 3 is 2.21 bits per heavy atom. The number of alkyl halides is 1. The van der Waals surface area contributed by atoms with Gasteiger partial charge in [0.25, 0.3) is 0 Å². The zero-order valence-electron chi connectivity index (χ0n) is 10.9. The lowest BCUT2D eigenvalue weighted by Crippen LogP contribution is -2.03. The molecule has 0 aliphatic rings. The van der Waals surface area contributed by atoms with Crippen LogP contribution in [0.2, 0.25) is 0 Å². The zero-order valence-corrected chi connectivity index (χ0v) is 11.6. The first kappa shape index (κ1) is 14.0. The third-order valence-corrected chi connectivity index (χ3v) is 3.67. The van der Waals surface area contributed by atoms with E-state index < -0.39 is 17.0 Å². The van der Waals surface area contributed by atoms with Crippen molar-refractivity contribution in [3.8, 4) is 0 Å². The Kier molecular flexibility index (Phi) is 4.20. The van der Waals surface area contributed by atoms with Crippen LogP contribution in [0.1, 0.15) is 27.6 Å². The van der Waals surface area contributed by atoms with Gasteiger partial charge in [-0.2, -0.15) is 0 Å². The molecule has 0 radical (unpaired) electrons. The van der Waals surface area contributed by atoms with Crippen molar-refractivity contribution in [1.82, 2.24) is 0 Å². The Bertz CT molecular complexity index is 573. The van der Waals surface area contributed by atoms with Crippen LogP contribution in [-0.4, -0.2) is 0 Å². The molecule has 0 aliphatic carbocycles. The highest BCUT2D eigenvalue weighted by molar-refractivity contribution is 6.21. The molecule has 0 saturated carbocycles. The SMILES string of the molecule is Cc1ccc(CC(Cl)c2c(F)cccc2F)cc1C. The van der Waals surface area contributed by atoms with E-state index in [9.17, 15) is 8.78 Å². The van der Waals surface area contributed by atoms with Crippen molar-refractivity contribution in [2.45, 2.75) is 25.6 Å². The van der Waals surface area contributed by atoms with Gasteiger partial charge >= 0.3 is 0 Å². The Morgan fingerprint density at radius 1 is 1.00 bits per heavy atom. The number of aryl methyl sites for hydroxylation is 2. The Balaban J connectivity index is 2.25. The Hall–Kier alpha value is -1.41. The second-order valence-corrected chi connectivity index (χ2v) is 5.25. The fraction of sp³-hybridized carbons (Fsp3) is 0.250. The van der Waals surface area contributed by atoms with Gasteiger partial charge in [-0.3, -0.25) is 0 Å². The zero-order chi connectivity index (χ0) is 14.0. The standard InChI is InChI=1S/C16H15ClF2/c1-10-6-7-12(8-11(10)2)9-13(17)16-14(18)4-3-5-15(16)19/h3-8,13H,9H2,1-2H3. The van der Waals surface area contributed by atoms with Gasteiger partial charge in [-0.1, -0.05) is 24.3 Å². The third-order valence-electron chi connectivity index (χ3n) is 3.30. The Labute approximate surface area is 117 Å². The monoisotopic (exact) mass is 280 g/mol. The molecule has 0 saturated heterocycles. The molecule has 1 atom stereocenters. The average Bonchev–Trinajstić information content (AvgIpc) is 2.33. The minimum atomic E-state index is -0.705. The number of hydrogen-bond acceptors (Lipinski definition) is 0. The molecule has 100 valence electrons. The van der Waals surface area contributed by atoms with E-state index in [2.05, 4.69) is 0 Å². The average molecular weight is 281 g/mol. The van der Waals surface area contributed by atoms with Crippen LogP contribution in [0.5, 0.6) is 0 Å². The van der Waals surface area contributed by atoms with Crippen molar-refractivity contribution in [1.29, 1.82) is 0 Å². The Morgan fingerprint density at radius 2 is 1.63 bits per heavy atom. The summed E-state index contributed by atoms with van der Waals surface area (Å²) < 4.78 is 27.2. The van der Waals surface area contributed by atoms with Crippen molar-refractivity contribution < 1.29 is 8.78 Å². The van der Waals surface area contributed by atoms with E-state index in [1.54, 1.807) is 0 Å². The minimum absolute atomic E-state index is 0.0533. The molecular weight excluding hydrogens is 266 g/mol. The first-order valence-electron chi connectivity index (χ1n) is 6.13. The maximum Gasteiger partial charge on any atom is 0.130 e. The molecule has 0 aromatic heterocycles. The van der Waals surface area contributed by atoms with E-state index >= 15 is 0 Å². The first-order valence-corrected chi connectivity index (χ1v) is 6.57. The van der Waals surface area contributed by atoms with Gasteiger partial charge in [0.2, 0.25) is 0 Å². The van der Waals surface area contributed by atoms with Gasteiger partial charge in [0.15, 0.2) is 0 Å². The summed E-state index contributed by atoms with van der Waals surface area (Å²) in [6.45, 7) is 4.03. The normalized spacial score (nSPS) is 12.5. The van der Waals surface area contributed by atoms with Crippen LogP contribution in [-0.2, 0) is 6.42 Å². The molecule has 2 aromatic carbocycles. The van der Waals surface area contributed by atoms with Crippen LogP contribution >= 0.6 is 11.6 Å². The van der Waals surface area contributed by atoms with Crippen molar-refractivity contribution in [2.24, 2.45) is 0 Å². The molecular formula is C16H15ClF2. The molecule has 0 bridgehead atoms. The van der Waals surface area contributed by atoms with Gasteiger partial charge < -0.3 is 0 Å². The van der Waals surface area contributed by atoms with Gasteiger partial charge in [0.05, 0.1) is 5.38 Å². The van der Waals surface area contributed by atoms with Crippen molar-refractivity contribution in [2.75, 3.05) is 0 Å². The molecule has 2 rings (SSSR count). The summed E-state index contributed by atoms with van der Waals surface area (Å²) in [6, 6.07) is 9.74. The van der Waals surface area contributed by atoms with Crippen molar-refractivity contribution in [3.05, 3.63) is 70.3 Å². The van der Waals surface area contributed by atoms with Gasteiger partial charge in [0, 0.05) is 5.56 Å². The summed E-state index contributed by atoms with van der Waals surface area (Å²) in [7, 11) is 0. The van der Waals surface area contributed by atoms with Gasteiger partial charge in [-0.25, -0.2) is 8.78 Å². The van der Waals surface area contributed by atoms with Crippen LogP contribution in [0.25, 0.3) is 0 Å². The lowest BCUT2D eigenvalue weighted by Gasteiger charge is -2.13. The van der Waals surface area contributed by atoms with E-state index in [-0.39, 0.29) is 5.56 Å². The molecule has 0 nitrogen and oxygen atoms in total. The number of halogens is 3. The molecule has 0 amide bonds. The van der Waals surface area contributed by atoms with E-state index in [0.29, 0.717) is 6.42 Å². The van der Waals surface area contributed by atoms with Gasteiger partial charge in [-0.15, -0.1) is 11.6 Å². The molecule has 0 spiro atoms. The van der Waals surface area contributed by atoms with E-state index in [4.69, 9.17) is 11.6 Å². The van der Waals surface area contributed by atoms with Crippen LogP contribution < -0.4 is 0 Å². The molecule has 0 heterocycles. The highest BCUT2D eigenvalue weighted by atomic mass is 35.5. The lowest BCUT2D eigenvalue weighted by atomic mass is 9.99. The van der Waals surface area contributed by atoms with Crippen LogP contribution in [0.15, 0.2) is 36.4 Å². The predicted molar refractivity (Wildman–Crippen MR) is 74.6 cm³/mol. The molecule has 0 aliphatic heterocycles. The molecule has 19 heavy (non-hydrogen) atoms. The van der Waals surface area contributed by atoms with E-state index in [1.165, 1.54) is 23.8 Å². The van der Waals surface area contributed by atoms with E-state index in [1.807, 2.05) is 32.0 Å². The van der Waals surface area contributed by atoms with Crippen LogP contribution in [0.4, 0.5) is 8.78 Å². The minimum Gasteiger partial charge on any atom is -0.207 e. The topological polar surface area (TPSA) is 0 Å². The fourth-order valence-corrected chi connectivity index (χ4v) is 2.44. The highest BCUT2D eigenvalue weighted by Gasteiger charge is 2.18. The number of hydrogen-bond donors (Lipinski definition) is 0. The van der Waals surface area contributed by atoms with Gasteiger partial charge in [0.1, 0.15) is 11.6 Å². The molecule has 1 unspecified atom stereocenters. The second kappa shape index (κ2) is 5.70. The second-order valence-electron chi connectivity index (χ2n) is 4.73.